The van der Waals surface area contributed by atoms with Gasteiger partial charge in [-0.2, -0.15) is 0 Å². The Kier molecular flexibility index (Phi) is 2.90. The second-order valence-electron chi connectivity index (χ2n) is 3.91. The van der Waals surface area contributed by atoms with Crippen molar-refractivity contribution in [2.75, 3.05) is 26.7 Å². The molecule has 1 aliphatic heterocycles. The zero-order valence-corrected chi connectivity index (χ0v) is 9.22. The number of amides is 2. The fourth-order valence-electron chi connectivity index (χ4n) is 1.74. The molecule has 16 heavy (non-hydrogen) atoms. The molecular formula is C12H14N2O2. The van der Waals surface area contributed by atoms with E-state index < -0.39 is 0 Å². The van der Waals surface area contributed by atoms with Gasteiger partial charge >= 0.3 is 6.03 Å². The minimum Gasteiger partial charge on any atom is -0.326 e. The van der Waals surface area contributed by atoms with Crippen LogP contribution in [0.4, 0.5) is 4.79 Å². The number of rotatable bonds is 3. The van der Waals surface area contributed by atoms with Crippen LogP contribution in [-0.4, -0.2) is 48.3 Å². The zero-order chi connectivity index (χ0) is 11.5. The third-order valence-electron chi connectivity index (χ3n) is 2.73. The number of urea groups is 1. The second kappa shape index (κ2) is 4.35. The Balaban J connectivity index is 2.01. The third-order valence-corrected chi connectivity index (χ3v) is 2.73. The molecule has 1 fully saturated rings. The van der Waals surface area contributed by atoms with Crippen molar-refractivity contribution in [3.8, 4) is 0 Å². The molecule has 2 rings (SSSR count). The molecule has 0 bridgehead atoms. The average molecular weight is 218 g/mol. The van der Waals surface area contributed by atoms with Crippen molar-refractivity contribution in [3.05, 3.63) is 35.9 Å². The summed E-state index contributed by atoms with van der Waals surface area (Å²) in [5.41, 5.74) is 0.657. The van der Waals surface area contributed by atoms with Crippen molar-refractivity contribution in [3.63, 3.8) is 0 Å². The van der Waals surface area contributed by atoms with Crippen LogP contribution in [0.5, 0.6) is 0 Å². The SMILES string of the molecule is CN1CCN(CC(=O)c2ccccc2)C1=O. The smallest absolute Gasteiger partial charge is 0.320 e. The number of likely N-dealkylation sites (N-methyl/N-ethyl adjacent to an activating group) is 1. The summed E-state index contributed by atoms with van der Waals surface area (Å²) in [5, 5.41) is 0. The van der Waals surface area contributed by atoms with E-state index in [2.05, 4.69) is 0 Å². The van der Waals surface area contributed by atoms with Crippen molar-refractivity contribution in [2.24, 2.45) is 0 Å². The van der Waals surface area contributed by atoms with Crippen LogP contribution in [0.15, 0.2) is 30.3 Å². The Hall–Kier alpha value is -1.84. The quantitative estimate of drug-likeness (QED) is 0.716. The molecule has 1 aliphatic rings. The molecule has 0 atom stereocenters. The van der Waals surface area contributed by atoms with Gasteiger partial charge in [0.25, 0.3) is 0 Å². The van der Waals surface area contributed by atoms with Crippen LogP contribution in [0.25, 0.3) is 0 Å². The zero-order valence-electron chi connectivity index (χ0n) is 9.22. The fraction of sp³-hybridized carbons (Fsp3) is 0.333. The topological polar surface area (TPSA) is 40.6 Å². The van der Waals surface area contributed by atoms with E-state index in [0.29, 0.717) is 18.7 Å². The van der Waals surface area contributed by atoms with Gasteiger partial charge < -0.3 is 9.80 Å². The molecule has 1 aromatic rings. The number of carbonyl (C=O) groups excluding carboxylic acids is 2. The Bertz CT molecular complexity index is 403. The summed E-state index contributed by atoms with van der Waals surface area (Å²) < 4.78 is 0. The summed E-state index contributed by atoms with van der Waals surface area (Å²) in [6.45, 7) is 1.50. The summed E-state index contributed by atoms with van der Waals surface area (Å²) in [7, 11) is 1.75. The molecule has 0 saturated carbocycles. The van der Waals surface area contributed by atoms with E-state index in [1.165, 1.54) is 0 Å². The Labute approximate surface area is 94.5 Å². The van der Waals surface area contributed by atoms with Crippen LogP contribution in [0.3, 0.4) is 0 Å². The molecule has 0 aromatic heterocycles. The van der Waals surface area contributed by atoms with Crippen LogP contribution >= 0.6 is 0 Å². The maximum atomic E-state index is 11.8. The van der Waals surface area contributed by atoms with Crippen molar-refractivity contribution in [1.82, 2.24) is 9.80 Å². The molecule has 1 saturated heterocycles. The average Bonchev–Trinajstić information content (AvgIpc) is 2.62. The maximum Gasteiger partial charge on any atom is 0.320 e. The Morgan fingerprint density at radius 3 is 2.50 bits per heavy atom. The van der Waals surface area contributed by atoms with E-state index in [-0.39, 0.29) is 18.4 Å². The number of carbonyl (C=O) groups is 2. The molecule has 0 unspecified atom stereocenters. The van der Waals surface area contributed by atoms with E-state index in [0.717, 1.165) is 0 Å². The first-order chi connectivity index (χ1) is 7.68. The summed E-state index contributed by atoms with van der Waals surface area (Å²) in [5.74, 6) is -0.00995. The summed E-state index contributed by atoms with van der Waals surface area (Å²) >= 11 is 0. The third kappa shape index (κ3) is 2.05. The molecule has 1 heterocycles. The van der Waals surface area contributed by atoms with Crippen LogP contribution in [0.2, 0.25) is 0 Å². The van der Waals surface area contributed by atoms with Crippen molar-refractivity contribution in [1.29, 1.82) is 0 Å². The van der Waals surface area contributed by atoms with E-state index in [1.54, 1.807) is 29.0 Å². The van der Waals surface area contributed by atoms with Gasteiger partial charge in [0, 0.05) is 25.7 Å². The van der Waals surface area contributed by atoms with E-state index >= 15 is 0 Å². The first kappa shape index (κ1) is 10.7. The predicted octanol–water partition coefficient (Wildman–Crippen LogP) is 1.24. The highest BCUT2D eigenvalue weighted by Gasteiger charge is 2.26. The van der Waals surface area contributed by atoms with E-state index in [4.69, 9.17) is 0 Å². The molecule has 0 spiro atoms. The Morgan fingerprint density at radius 2 is 1.94 bits per heavy atom. The minimum atomic E-state index is -0.0655. The van der Waals surface area contributed by atoms with Gasteiger partial charge in [-0.05, 0) is 0 Å². The number of ketones is 1. The number of nitrogens with zero attached hydrogens (tertiary/aromatic N) is 2. The Morgan fingerprint density at radius 1 is 1.25 bits per heavy atom. The summed E-state index contributed by atoms with van der Waals surface area (Å²) in [4.78, 5) is 26.6. The van der Waals surface area contributed by atoms with Gasteiger partial charge in [-0.3, -0.25) is 4.79 Å². The summed E-state index contributed by atoms with van der Waals surface area (Å²) in [6.07, 6.45) is 0. The first-order valence-corrected chi connectivity index (χ1v) is 5.27. The second-order valence-corrected chi connectivity index (χ2v) is 3.91. The van der Waals surface area contributed by atoms with E-state index in [1.807, 2.05) is 18.2 Å². The molecule has 4 heteroatoms. The van der Waals surface area contributed by atoms with Gasteiger partial charge in [0.15, 0.2) is 5.78 Å². The lowest BCUT2D eigenvalue weighted by molar-refractivity contribution is 0.0952. The number of hydrogen-bond donors (Lipinski definition) is 0. The fourth-order valence-corrected chi connectivity index (χ4v) is 1.74. The van der Waals surface area contributed by atoms with Gasteiger partial charge in [0.1, 0.15) is 0 Å². The molecule has 2 amide bonds. The highest BCUT2D eigenvalue weighted by atomic mass is 16.2. The lowest BCUT2D eigenvalue weighted by Crippen LogP contribution is -2.33. The van der Waals surface area contributed by atoms with Crippen molar-refractivity contribution >= 4 is 11.8 Å². The lowest BCUT2D eigenvalue weighted by atomic mass is 10.1. The first-order valence-electron chi connectivity index (χ1n) is 5.27. The van der Waals surface area contributed by atoms with Gasteiger partial charge in [-0.1, -0.05) is 30.3 Å². The molecule has 4 nitrogen and oxygen atoms in total. The van der Waals surface area contributed by atoms with Crippen LogP contribution in [0, 0.1) is 0 Å². The number of hydrogen-bond acceptors (Lipinski definition) is 2. The highest BCUT2D eigenvalue weighted by molar-refractivity contribution is 5.99. The molecule has 0 aliphatic carbocycles. The molecule has 0 radical (unpaired) electrons. The van der Waals surface area contributed by atoms with E-state index in [9.17, 15) is 9.59 Å². The largest absolute Gasteiger partial charge is 0.326 e. The van der Waals surface area contributed by atoms with Gasteiger partial charge in [-0.25, -0.2) is 4.79 Å². The molecule has 84 valence electrons. The minimum absolute atomic E-state index is 0.00995. The standard InChI is InChI=1S/C12H14N2O2/c1-13-7-8-14(12(13)16)9-11(15)10-5-3-2-4-6-10/h2-6H,7-9H2,1H3. The predicted molar refractivity (Wildman–Crippen MR) is 60.4 cm³/mol. The molecule has 0 N–H and O–H groups in total. The normalized spacial score (nSPS) is 15.7. The summed E-state index contributed by atoms with van der Waals surface area (Å²) in [6, 6.07) is 8.99. The van der Waals surface area contributed by atoms with Crippen LogP contribution in [-0.2, 0) is 0 Å². The lowest BCUT2D eigenvalue weighted by Gasteiger charge is -2.14. The van der Waals surface area contributed by atoms with Gasteiger partial charge in [0.2, 0.25) is 0 Å². The molecule has 1 aromatic carbocycles. The highest BCUT2D eigenvalue weighted by Crippen LogP contribution is 2.08. The van der Waals surface area contributed by atoms with Gasteiger partial charge in [-0.15, -0.1) is 0 Å². The number of benzene rings is 1. The molecular weight excluding hydrogens is 204 g/mol. The monoisotopic (exact) mass is 218 g/mol. The maximum absolute atomic E-state index is 11.8. The number of Topliss-reactive ketones (excluding diaryl/α,β-unsaturated/α-hetero) is 1. The van der Waals surface area contributed by atoms with Crippen LogP contribution < -0.4 is 0 Å². The van der Waals surface area contributed by atoms with Gasteiger partial charge in [0.05, 0.1) is 6.54 Å². The van der Waals surface area contributed by atoms with Crippen molar-refractivity contribution in [2.45, 2.75) is 0 Å². The van der Waals surface area contributed by atoms with Crippen LogP contribution in [0.1, 0.15) is 10.4 Å². The van der Waals surface area contributed by atoms with Crippen molar-refractivity contribution < 1.29 is 9.59 Å².